The van der Waals surface area contributed by atoms with E-state index in [9.17, 15) is 9.18 Å². The molecule has 3 aromatic rings. The Morgan fingerprint density at radius 3 is 2.78 bits per heavy atom. The van der Waals surface area contributed by atoms with Crippen molar-refractivity contribution >= 4 is 16.9 Å². The largest absolute Gasteiger partial charge is 0.382 e. The molecule has 0 fully saturated rings. The fourth-order valence-corrected chi connectivity index (χ4v) is 3.03. The zero-order valence-electron chi connectivity index (χ0n) is 15.4. The van der Waals surface area contributed by atoms with Crippen molar-refractivity contribution in [2.24, 2.45) is 0 Å². The number of hydrogen-bond acceptors (Lipinski definition) is 3. The Kier molecular flexibility index (Phi) is 6.54. The summed E-state index contributed by atoms with van der Waals surface area (Å²) in [5.41, 5.74) is 2.75. The molecule has 0 aliphatic heterocycles. The zero-order chi connectivity index (χ0) is 19.1. The molecule has 0 radical (unpaired) electrons. The predicted molar refractivity (Wildman–Crippen MR) is 103 cm³/mol. The van der Waals surface area contributed by atoms with Gasteiger partial charge in [-0.25, -0.2) is 9.37 Å². The number of amides is 1. The van der Waals surface area contributed by atoms with Crippen LogP contribution in [-0.4, -0.2) is 28.7 Å². The molecule has 1 N–H and O–H groups in total. The lowest BCUT2D eigenvalue weighted by Gasteiger charge is -2.20. The molecule has 1 unspecified atom stereocenters. The minimum absolute atomic E-state index is 0.0477. The molecule has 1 aromatic heterocycles. The number of rotatable bonds is 9. The van der Waals surface area contributed by atoms with Gasteiger partial charge in [0.1, 0.15) is 5.82 Å². The Morgan fingerprint density at radius 2 is 2.00 bits per heavy atom. The number of fused-ring (bicyclic) bond motifs is 1. The Morgan fingerprint density at radius 1 is 1.22 bits per heavy atom. The van der Waals surface area contributed by atoms with Gasteiger partial charge in [-0.3, -0.25) is 4.79 Å². The predicted octanol–water partition coefficient (Wildman–Crippen LogP) is 3.85. The molecule has 5 nitrogen and oxygen atoms in total. The highest BCUT2D eigenvalue weighted by Crippen LogP contribution is 2.20. The Hall–Kier alpha value is -2.73. The SMILES string of the molecule is CCOCCCC(=O)NC(Cn1cnc2ccccc21)c1ccc(F)cc1. The molecule has 1 atom stereocenters. The van der Waals surface area contributed by atoms with Crippen LogP contribution in [0.2, 0.25) is 0 Å². The summed E-state index contributed by atoms with van der Waals surface area (Å²) in [6.07, 6.45) is 2.83. The lowest BCUT2D eigenvalue weighted by Crippen LogP contribution is -2.31. The van der Waals surface area contributed by atoms with Crippen LogP contribution in [0.1, 0.15) is 31.4 Å². The summed E-state index contributed by atoms with van der Waals surface area (Å²) in [6, 6.07) is 13.8. The molecule has 0 saturated carbocycles. The molecule has 0 aliphatic rings. The number of nitrogens with one attached hydrogen (secondary N) is 1. The summed E-state index contributed by atoms with van der Waals surface area (Å²) in [5.74, 6) is -0.345. The first-order chi connectivity index (χ1) is 13.2. The van der Waals surface area contributed by atoms with Crippen molar-refractivity contribution in [2.45, 2.75) is 32.4 Å². The summed E-state index contributed by atoms with van der Waals surface area (Å²) >= 11 is 0. The highest BCUT2D eigenvalue weighted by molar-refractivity contribution is 5.77. The van der Waals surface area contributed by atoms with E-state index in [2.05, 4.69) is 10.3 Å². The summed E-state index contributed by atoms with van der Waals surface area (Å²) in [4.78, 5) is 16.8. The van der Waals surface area contributed by atoms with Crippen LogP contribution in [0.3, 0.4) is 0 Å². The second-order valence-corrected chi connectivity index (χ2v) is 6.36. The zero-order valence-corrected chi connectivity index (χ0v) is 15.4. The van der Waals surface area contributed by atoms with Gasteiger partial charge in [-0.15, -0.1) is 0 Å². The van der Waals surface area contributed by atoms with Crippen LogP contribution in [0.25, 0.3) is 11.0 Å². The second kappa shape index (κ2) is 9.28. The van der Waals surface area contributed by atoms with E-state index in [1.165, 1.54) is 12.1 Å². The monoisotopic (exact) mass is 369 g/mol. The van der Waals surface area contributed by atoms with Crippen molar-refractivity contribution in [3.8, 4) is 0 Å². The van der Waals surface area contributed by atoms with E-state index in [0.717, 1.165) is 16.6 Å². The molecular weight excluding hydrogens is 345 g/mol. The van der Waals surface area contributed by atoms with E-state index in [0.29, 0.717) is 32.6 Å². The van der Waals surface area contributed by atoms with Crippen molar-refractivity contribution in [2.75, 3.05) is 13.2 Å². The molecular formula is C21H24FN3O2. The third-order valence-electron chi connectivity index (χ3n) is 4.41. The lowest BCUT2D eigenvalue weighted by molar-refractivity contribution is -0.122. The van der Waals surface area contributed by atoms with Crippen LogP contribution in [0.5, 0.6) is 0 Å². The molecule has 2 aromatic carbocycles. The molecule has 6 heteroatoms. The van der Waals surface area contributed by atoms with Crippen molar-refractivity contribution in [3.05, 3.63) is 66.2 Å². The number of aromatic nitrogens is 2. The molecule has 3 rings (SSSR count). The van der Waals surface area contributed by atoms with E-state index in [-0.39, 0.29) is 17.8 Å². The van der Waals surface area contributed by atoms with Gasteiger partial charge in [0.2, 0.25) is 5.91 Å². The molecule has 0 spiro atoms. The van der Waals surface area contributed by atoms with Gasteiger partial charge < -0.3 is 14.6 Å². The van der Waals surface area contributed by atoms with Crippen LogP contribution in [0.15, 0.2) is 54.9 Å². The maximum Gasteiger partial charge on any atom is 0.220 e. The molecule has 27 heavy (non-hydrogen) atoms. The first-order valence-electron chi connectivity index (χ1n) is 9.20. The highest BCUT2D eigenvalue weighted by Gasteiger charge is 2.17. The number of nitrogens with zero attached hydrogens (tertiary/aromatic N) is 2. The number of halogens is 1. The molecule has 1 amide bonds. The topological polar surface area (TPSA) is 56.1 Å². The van der Waals surface area contributed by atoms with Gasteiger partial charge >= 0.3 is 0 Å². The number of imidazole rings is 1. The minimum Gasteiger partial charge on any atom is -0.382 e. The van der Waals surface area contributed by atoms with Crippen molar-refractivity contribution in [1.29, 1.82) is 0 Å². The van der Waals surface area contributed by atoms with Gasteiger partial charge in [0, 0.05) is 26.2 Å². The Bertz CT molecular complexity index is 877. The van der Waals surface area contributed by atoms with Crippen LogP contribution in [0.4, 0.5) is 4.39 Å². The number of carbonyl (C=O) groups excluding carboxylic acids is 1. The van der Waals surface area contributed by atoms with Gasteiger partial charge in [-0.2, -0.15) is 0 Å². The van der Waals surface area contributed by atoms with Crippen molar-refractivity contribution in [3.63, 3.8) is 0 Å². The fraction of sp³-hybridized carbons (Fsp3) is 0.333. The average Bonchev–Trinajstić information content (AvgIpc) is 3.08. The van der Waals surface area contributed by atoms with Gasteiger partial charge in [0.05, 0.1) is 23.4 Å². The first-order valence-corrected chi connectivity index (χ1v) is 9.20. The maximum absolute atomic E-state index is 13.3. The summed E-state index contributed by atoms with van der Waals surface area (Å²) in [5, 5.41) is 3.07. The third kappa shape index (κ3) is 5.14. The summed E-state index contributed by atoms with van der Waals surface area (Å²) < 4.78 is 20.6. The second-order valence-electron chi connectivity index (χ2n) is 6.36. The average molecular weight is 369 g/mol. The quantitative estimate of drug-likeness (QED) is 0.583. The fourth-order valence-electron chi connectivity index (χ4n) is 3.03. The third-order valence-corrected chi connectivity index (χ3v) is 4.41. The molecule has 1 heterocycles. The number of para-hydroxylation sites is 2. The van der Waals surface area contributed by atoms with E-state index < -0.39 is 0 Å². The van der Waals surface area contributed by atoms with E-state index >= 15 is 0 Å². The molecule has 0 aliphatic carbocycles. The van der Waals surface area contributed by atoms with Crippen LogP contribution >= 0.6 is 0 Å². The summed E-state index contributed by atoms with van der Waals surface area (Å²) in [6.45, 7) is 3.66. The van der Waals surface area contributed by atoms with E-state index in [1.807, 2.05) is 35.8 Å². The Balaban J connectivity index is 1.75. The van der Waals surface area contributed by atoms with Crippen molar-refractivity contribution < 1.29 is 13.9 Å². The van der Waals surface area contributed by atoms with E-state index in [1.54, 1.807) is 18.5 Å². The lowest BCUT2D eigenvalue weighted by atomic mass is 10.1. The smallest absolute Gasteiger partial charge is 0.220 e. The first kappa shape index (κ1) is 19.0. The summed E-state index contributed by atoms with van der Waals surface area (Å²) in [7, 11) is 0. The highest BCUT2D eigenvalue weighted by atomic mass is 19.1. The number of ether oxygens (including phenoxy) is 1. The normalized spacial score (nSPS) is 12.2. The van der Waals surface area contributed by atoms with Crippen LogP contribution < -0.4 is 5.32 Å². The van der Waals surface area contributed by atoms with Crippen LogP contribution in [-0.2, 0) is 16.1 Å². The van der Waals surface area contributed by atoms with Crippen molar-refractivity contribution in [1.82, 2.24) is 14.9 Å². The van der Waals surface area contributed by atoms with Gasteiger partial charge in [-0.1, -0.05) is 24.3 Å². The van der Waals surface area contributed by atoms with Gasteiger partial charge in [-0.05, 0) is 43.2 Å². The standard InChI is InChI=1S/C21H24FN3O2/c1-2-27-13-5-8-21(26)24-19(16-9-11-17(22)12-10-16)14-25-15-23-18-6-3-4-7-20(18)25/h3-4,6-7,9-12,15,19H,2,5,8,13-14H2,1H3,(H,24,26). The number of benzene rings is 2. The number of hydrogen-bond donors (Lipinski definition) is 1. The van der Waals surface area contributed by atoms with Crippen LogP contribution in [0, 0.1) is 5.82 Å². The van der Waals surface area contributed by atoms with E-state index in [4.69, 9.17) is 4.74 Å². The maximum atomic E-state index is 13.3. The molecule has 0 bridgehead atoms. The molecule has 0 saturated heterocycles. The number of carbonyl (C=O) groups is 1. The minimum atomic E-state index is -0.298. The van der Waals surface area contributed by atoms with Gasteiger partial charge in [0.15, 0.2) is 0 Å². The van der Waals surface area contributed by atoms with Gasteiger partial charge in [0.25, 0.3) is 0 Å². The molecule has 142 valence electrons. The Labute approximate surface area is 158 Å².